The topological polar surface area (TPSA) is 75.6 Å². The first-order chi connectivity index (χ1) is 12.6. The maximum atomic E-state index is 12.3. The average Bonchev–Trinajstić information content (AvgIpc) is 3.27. The molecule has 0 aliphatic rings. The average molecular weight is 347 g/mol. The first-order valence-electron chi connectivity index (χ1n) is 8.78. The number of carbonyl (C=O) groups is 1. The largest absolute Gasteiger partial charge is 0.352 e. The third-order valence-corrected chi connectivity index (χ3v) is 4.58. The number of hydrogen-bond donors (Lipinski definition) is 2. The minimum absolute atomic E-state index is 0.0772. The number of nitrogens with zero attached hydrogens (tertiary/aromatic N) is 3. The van der Waals surface area contributed by atoms with Crippen molar-refractivity contribution in [1.29, 1.82) is 0 Å². The van der Waals surface area contributed by atoms with Crippen LogP contribution in [0.3, 0.4) is 0 Å². The Hall–Kier alpha value is -3.15. The van der Waals surface area contributed by atoms with Gasteiger partial charge in [-0.05, 0) is 56.2 Å². The quantitative estimate of drug-likeness (QED) is 0.580. The van der Waals surface area contributed by atoms with Crippen molar-refractivity contribution in [1.82, 2.24) is 24.8 Å². The van der Waals surface area contributed by atoms with E-state index in [2.05, 4.69) is 56.9 Å². The smallest absolute Gasteiger partial charge is 0.251 e. The summed E-state index contributed by atoms with van der Waals surface area (Å²) in [5, 5.41) is 2.98. The van der Waals surface area contributed by atoms with E-state index in [4.69, 9.17) is 0 Å². The highest BCUT2D eigenvalue weighted by Crippen LogP contribution is 2.19. The summed E-state index contributed by atoms with van der Waals surface area (Å²) in [6.45, 7) is 4.87. The van der Waals surface area contributed by atoms with Gasteiger partial charge in [-0.25, -0.2) is 9.97 Å². The molecule has 26 heavy (non-hydrogen) atoms. The summed E-state index contributed by atoms with van der Waals surface area (Å²) in [7, 11) is 0. The summed E-state index contributed by atoms with van der Waals surface area (Å²) in [5.41, 5.74) is 5.65. The molecule has 132 valence electrons. The maximum absolute atomic E-state index is 12.3. The summed E-state index contributed by atoms with van der Waals surface area (Å²) >= 11 is 0. The number of aromatic amines is 1. The third kappa shape index (κ3) is 3.06. The zero-order valence-electron chi connectivity index (χ0n) is 14.9. The molecule has 0 atom stereocenters. The van der Waals surface area contributed by atoms with Crippen molar-refractivity contribution in [3.63, 3.8) is 0 Å². The van der Waals surface area contributed by atoms with Crippen LogP contribution in [-0.2, 0) is 6.42 Å². The van der Waals surface area contributed by atoms with E-state index in [1.165, 1.54) is 0 Å². The molecular weight excluding hydrogens is 326 g/mol. The van der Waals surface area contributed by atoms with Gasteiger partial charge in [-0.15, -0.1) is 0 Å². The fraction of sp³-hybridized carbons (Fsp3) is 0.250. The summed E-state index contributed by atoms with van der Waals surface area (Å²) < 4.78 is 2.16. The standard InChI is InChI=1S/C20H21N5O/c1-13(2)25-12-24-18-9-14(3-6-19(18)25)7-8-21-20(26)15-4-5-16-17(10-15)23-11-22-16/h3-6,9-13H,7-8H2,1-2H3,(H,21,26)(H,22,23). The molecule has 0 unspecified atom stereocenters. The Kier molecular flexibility index (Phi) is 4.16. The van der Waals surface area contributed by atoms with E-state index in [9.17, 15) is 4.79 Å². The Morgan fingerprint density at radius 1 is 1.15 bits per heavy atom. The van der Waals surface area contributed by atoms with Crippen LogP contribution in [0.15, 0.2) is 49.1 Å². The van der Waals surface area contributed by atoms with Crippen molar-refractivity contribution < 1.29 is 4.79 Å². The van der Waals surface area contributed by atoms with Crippen molar-refractivity contribution >= 4 is 28.0 Å². The third-order valence-electron chi connectivity index (χ3n) is 4.58. The maximum Gasteiger partial charge on any atom is 0.251 e. The van der Waals surface area contributed by atoms with Crippen LogP contribution in [0.5, 0.6) is 0 Å². The number of benzene rings is 2. The molecule has 0 aliphatic carbocycles. The minimum Gasteiger partial charge on any atom is -0.352 e. The molecule has 0 saturated carbocycles. The number of nitrogens with one attached hydrogen (secondary N) is 2. The van der Waals surface area contributed by atoms with Crippen LogP contribution in [0.2, 0.25) is 0 Å². The van der Waals surface area contributed by atoms with Crippen LogP contribution < -0.4 is 5.32 Å². The van der Waals surface area contributed by atoms with Gasteiger partial charge in [-0.2, -0.15) is 0 Å². The van der Waals surface area contributed by atoms with Crippen LogP contribution in [0, 0.1) is 0 Å². The van der Waals surface area contributed by atoms with Gasteiger partial charge < -0.3 is 14.9 Å². The Morgan fingerprint density at radius 2 is 2.04 bits per heavy atom. The van der Waals surface area contributed by atoms with Crippen molar-refractivity contribution in [2.24, 2.45) is 0 Å². The van der Waals surface area contributed by atoms with E-state index in [0.29, 0.717) is 18.2 Å². The highest BCUT2D eigenvalue weighted by molar-refractivity contribution is 5.97. The summed E-state index contributed by atoms with van der Waals surface area (Å²) in [6, 6.07) is 12.1. The number of imidazole rings is 2. The van der Waals surface area contributed by atoms with Gasteiger partial charge in [0.15, 0.2) is 0 Å². The highest BCUT2D eigenvalue weighted by atomic mass is 16.1. The SMILES string of the molecule is CC(C)n1cnc2cc(CCNC(=O)c3ccc4nc[nH]c4c3)ccc21. The van der Waals surface area contributed by atoms with E-state index >= 15 is 0 Å². The van der Waals surface area contributed by atoms with E-state index in [0.717, 1.165) is 34.1 Å². The fourth-order valence-electron chi connectivity index (χ4n) is 3.14. The van der Waals surface area contributed by atoms with Crippen LogP contribution >= 0.6 is 0 Å². The van der Waals surface area contributed by atoms with Crippen LogP contribution in [0.1, 0.15) is 35.8 Å². The lowest BCUT2D eigenvalue weighted by Gasteiger charge is -2.09. The number of H-pyrrole nitrogens is 1. The first kappa shape index (κ1) is 16.3. The number of carbonyl (C=O) groups excluding carboxylic acids is 1. The Labute approximate surface area is 151 Å². The monoisotopic (exact) mass is 347 g/mol. The highest BCUT2D eigenvalue weighted by Gasteiger charge is 2.08. The van der Waals surface area contributed by atoms with Gasteiger partial charge in [0.25, 0.3) is 5.91 Å². The van der Waals surface area contributed by atoms with Crippen molar-refractivity contribution in [2.45, 2.75) is 26.3 Å². The van der Waals surface area contributed by atoms with E-state index < -0.39 is 0 Å². The molecule has 0 spiro atoms. The Morgan fingerprint density at radius 3 is 2.88 bits per heavy atom. The molecule has 6 nitrogen and oxygen atoms in total. The van der Waals surface area contributed by atoms with E-state index in [-0.39, 0.29) is 5.91 Å². The molecule has 2 aromatic carbocycles. The second kappa shape index (κ2) is 6.63. The second-order valence-corrected chi connectivity index (χ2v) is 6.71. The molecule has 0 fully saturated rings. The lowest BCUT2D eigenvalue weighted by molar-refractivity contribution is 0.0954. The van der Waals surface area contributed by atoms with Gasteiger partial charge in [-0.3, -0.25) is 4.79 Å². The van der Waals surface area contributed by atoms with Gasteiger partial charge in [0.05, 0.1) is 34.7 Å². The summed E-state index contributed by atoms with van der Waals surface area (Å²) in [4.78, 5) is 24.0. The van der Waals surface area contributed by atoms with E-state index in [1.54, 1.807) is 12.4 Å². The Balaban J connectivity index is 1.40. The van der Waals surface area contributed by atoms with Gasteiger partial charge in [0.2, 0.25) is 0 Å². The molecule has 0 aliphatic heterocycles. The Bertz CT molecular complexity index is 1080. The predicted molar refractivity (Wildman–Crippen MR) is 102 cm³/mol. The number of rotatable bonds is 5. The first-order valence-corrected chi connectivity index (χ1v) is 8.78. The summed E-state index contributed by atoms with van der Waals surface area (Å²) in [6.07, 6.45) is 4.28. The number of amides is 1. The second-order valence-electron chi connectivity index (χ2n) is 6.71. The fourth-order valence-corrected chi connectivity index (χ4v) is 3.14. The predicted octanol–water partition coefficient (Wildman–Crippen LogP) is 3.47. The van der Waals surface area contributed by atoms with E-state index in [1.807, 2.05) is 18.5 Å². The van der Waals surface area contributed by atoms with Crippen LogP contribution in [-0.4, -0.2) is 32.0 Å². The minimum atomic E-state index is -0.0772. The van der Waals surface area contributed by atoms with Crippen LogP contribution in [0.4, 0.5) is 0 Å². The number of hydrogen-bond acceptors (Lipinski definition) is 3. The lowest BCUT2D eigenvalue weighted by Crippen LogP contribution is -2.25. The molecule has 1 amide bonds. The molecule has 6 heteroatoms. The molecule has 0 radical (unpaired) electrons. The zero-order chi connectivity index (χ0) is 18.1. The van der Waals surface area contributed by atoms with Crippen molar-refractivity contribution in [2.75, 3.05) is 6.54 Å². The molecule has 0 saturated heterocycles. The molecule has 2 heterocycles. The summed E-state index contributed by atoms with van der Waals surface area (Å²) in [5.74, 6) is -0.0772. The lowest BCUT2D eigenvalue weighted by atomic mass is 10.1. The molecule has 4 rings (SSSR count). The van der Waals surface area contributed by atoms with Gasteiger partial charge >= 0.3 is 0 Å². The van der Waals surface area contributed by atoms with Crippen LogP contribution in [0.25, 0.3) is 22.1 Å². The van der Waals surface area contributed by atoms with Crippen molar-refractivity contribution in [3.05, 3.63) is 60.2 Å². The normalized spacial score (nSPS) is 11.5. The molecule has 2 aromatic heterocycles. The van der Waals surface area contributed by atoms with Gasteiger partial charge in [0, 0.05) is 18.2 Å². The van der Waals surface area contributed by atoms with Gasteiger partial charge in [0.1, 0.15) is 0 Å². The molecular formula is C20H21N5O. The molecule has 0 bridgehead atoms. The number of fused-ring (bicyclic) bond motifs is 2. The molecule has 2 N–H and O–H groups in total. The number of aromatic nitrogens is 4. The zero-order valence-corrected chi connectivity index (χ0v) is 14.9. The van der Waals surface area contributed by atoms with Gasteiger partial charge in [-0.1, -0.05) is 6.07 Å². The molecule has 4 aromatic rings. The van der Waals surface area contributed by atoms with Crippen molar-refractivity contribution in [3.8, 4) is 0 Å².